The first kappa shape index (κ1) is 25.6. The first-order chi connectivity index (χ1) is 14.7. The Kier molecular flexibility index (Phi) is 8.27. The van der Waals surface area contributed by atoms with E-state index in [-0.39, 0.29) is 42.7 Å². The SMILES string of the molecule is CCOC(=O)c1ccc2c(c1)c(-c1cccc(C(C)(C)C)c1)c(C)n2C/C(F)=C/CN.Cl. The normalized spacial score (nSPS) is 12.0. The highest BCUT2D eigenvalue weighted by atomic mass is 35.5. The minimum absolute atomic E-state index is 0. The molecule has 0 radical (unpaired) electrons. The van der Waals surface area contributed by atoms with Crippen LogP contribution in [-0.2, 0) is 16.7 Å². The third kappa shape index (κ3) is 5.22. The van der Waals surface area contributed by atoms with Gasteiger partial charge in [0.05, 0.1) is 18.7 Å². The molecule has 0 aliphatic heterocycles. The molecule has 0 amide bonds. The maximum absolute atomic E-state index is 14.4. The van der Waals surface area contributed by atoms with Crippen molar-refractivity contribution in [3.8, 4) is 11.1 Å². The van der Waals surface area contributed by atoms with Gasteiger partial charge in [0.25, 0.3) is 0 Å². The number of hydrogen-bond donors (Lipinski definition) is 1. The zero-order valence-corrected chi connectivity index (χ0v) is 20.2. The number of benzene rings is 2. The largest absolute Gasteiger partial charge is 0.462 e. The molecule has 0 atom stereocenters. The fourth-order valence-corrected chi connectivity index (χ4v) is 3.88. The molecular weight excluding hydrogens is 427 g/mol. The first-order valence-electron chi connectivity index (χ1n) is 10.6. The summed E-state index contributed by atoms with van der Waals surface area (Å²) in [6.45, 7) is 10.9. The number of nitrogens with two attached hydrogens (primary N) is 1. The molecule has 0 aliphatic rings. The summed E-state index contributed by atoms with van der Waals surface area (Å²) in [6.07, 6.45) is 1.39. The van der Waals surface area contributed by atoms with Gasteiger partial charge in [-0.25, -0.2) is 9.18 Å². The van der Waals surface area contributed by atoms with Crippen molar-refractivity contribution in [2.24, 2.45) is 5.73 Å². The lowest BCUT2D eigenvalue weighted by Crippen LogP contribution is -2.10. The Hall–Kier alpha value is -2.63. The molecule has 0 bridgehead atoms. The van der Waals surface area contributed by atoms with Crippen LogP contribution in [0.5, 0.6) is 0 Å². The molecule has 4 nitrogen and oxygen atoms in total. The quantitative estimate of drug-likeness (QED) is 0.439. The lowest BCUT2D eigenvalue weighted by atomic mass is 9.85. The topological polar surface area (TPSA) is 57.2 Å². The van der Waals surface area contributed by atoms with E-state index in [9.17, 15) is 9.18 Å². The highest BCUT2D eigenvalue weighted by Gasteiger charge is 2.20. The average Bonchev–Trinajstić information content (AvgIpc) is 2.98. The van der Waals surface area contributed by atoms with Crippen LogP contribution in [-0.4, -0.2) is 23.7 Å². The number of rotatable bonds is 6. The van der Waals surface area contributed by atoms with Crippen LogP contribution in [0.1, 0.15) is 49.3 Å². The Morgan fingerprint density at radius 1 is 1.19 bits per heavy atom. The predicted molar refractivity (Wildman–Crippen MR) is 132 cm³/mol. The smallest absolute Gasteiger partial charge is 0.338 e. The van der Waals surface area contributed by atoms with Crippen molar-refractivity contribution < 1.29 is 13.9 Å². The van der Waals surface area contributed by atoms with Crippen LogP contribution in [0.2, 0.25) is 0 Å². The maximum Gasteiger partial charge on any atom is 0.338 e. The van der Waals surface area contributed by atoms with E-state index in [1.165, 1.54) is 11.6 Å². The molecule has 0 saturated carbocycles. The van der Waals surface area contributed by atoms with E-state index in [4.69, 9.17) is 10.5 Å². The number of allylic oxidation sites excluding steroid dienone is 1. The number of carbonyl (C=O) groups is 1. The van der Waals surface area contributed by atoms with E-state index in [1.807, 2.05) is 29.7 Å². The molecular formula is C26H32ClFN2O2. The Bertz CT molecular complexity index is 1140. The van der Waals surface area contributed by atoms with Gasteiger partial charge in [0.1, 0.15) is 5.83 Å². The van der Waals surface area contributed by atoms with Crippen molar-refractivity contribution in [1.29, 1.82) is 0 Å². The van der Waals surface area contributed by atoms with Crippen LogP contribution in [0, 0.1) is 6.92 Å². The van der Waals surface area contributed by atoms with E-state index in [0.717, 1.165) is 27.7 Å². The molecule has 2 aromatic carbocycles. The minimum atomic E-state index is -0.363. The number of carbonyl (C=O) groups excluding carboxylic acids is 1. The molecule has 0 unspecified atom stereocenters. The molecule has 3 aromatic rings. The zero-order valence-electron chi connectivity index (χ0n) is 19.4. The fourth-order valence-electron chi connectivity index (χ4n) is 3.88. The van der Waals surface area contributed by atoms with Crippen molar-refractivity contribution in [3.63, 3.8) is 0 Å². The van der Waals surface area contributed by atoms with E-state index in [2.05, 4.69) is 39.0 Å². The van der Waals surface area contributed by atoms with Gasteiger partial charge in [-0.2, -0.15) is 0 Å². The highest BCUT2D eigenvalue weighted by Crippen LogP contribution is 2.37. The maximum atomic E-state index is 14.4. The van der Waals surface area contributed by atoms with Gasteiger partial charge < -0.3 is 15.0 Å². The van der Waals surface area contributed by atoms with Crippen molar-refractivity contribution >= 4 is 29.3 Å². The summed E-state index contributed by atoms with van der Waals surface area (Å²) in [5.41, 5.74) is 11.0. The average molecular weight is 459 g/mol. The molecule has 3 rings (SSSR count). The van der Waals surface area contributed by atoms with Gasteiger partial charge in [-0.1, -0.05) is 45.0 Å². The second-order valence-electron chi connectivity index (χ2n) is 8.72. The predicted octanol–water partition coefficient (Wildman–Crippen LogP) is 6.32. The molecule has 0 saturated heterocycles. The second-order valence-corrected chi connectivity index (χ2v) is 8.72. The van der Waals surface area contributed by atoms with E-state index in [0.29, 0.717) is 12.2 Å². The van der Waals surface area contributed by atoms with Gasteiger partial charge in [0.15, 0.2) is 0 Å². The van der Waals surface area contributed by atoms with Crippen LogP contribution in [0.15, 0.2) is 54.4 Å². The third-order valence-corrected chi connectivity index (χ3v) is 5.50. The Morgan fingerprint density at radius 3 is 2.53 bits per heavy atom. The van der Waals surface area contributed by atoms with Crippen LogP contribution in [0.4, 0.5) is 4.39 Å². The van der Waals surface area contributed by atoms with Gasteiger partial charge in [-0.15, -0.1) is 12.4 Å². The molecule has 6 heteroatoms. The number of halogens is 2. The second kappa shape index (κ2) is 10.3. The summed E-state index contributed by atoms with van der Waals surface area (Å²) in [4.78, 5) is 12.4. The molecule has 0 spiro atoms. The molecule has 0 aliphatic carbocycles. The Labute approximate surface area is 195 Å². The van der Waals surface area contributed by atoms with Gasteiger partial charge >= 0.3 is 5.97 Å². The monoisotopic (exact) mass is 458 g/mol. The molecule has 2 N–H and O–H groups in total. The Balaban J connectivity index is 0.00000363. The molecule has 1 heterocycles. The third-order valence-electron chi connectivity index (χ3n) is 5.50. The summed E-state index contributed by atoms with van der Waals surface area (Å²) in [6, 6.07) is 13.8. The standard InChI is InChI=1S/C26H31FN2O2.ClH/c1-6-31-25(30)19-10-11-23-22(15-19)24(17(2)29(23)16-21(27)12-13-28)18-8-7-9-20(14-18)26(3,4)5;/h7-12,14-15H,6,13,16,28H2,1-5H3;1H/b21-12-;. The van der Waals surface area contributed by atoms with Gasteiger partial charge in [0.2, 0.25) is 0 Å². The lowest BCUT2D eigenvalue weighted by Gasteiger charge is -2.20. The number of nitrogens with zero attached hydrogens (tertiary/aromatic N) is 1. The molecule has 172 valence electrons. The highest BCUT2D eigenvalue weighted by molar-refractivity contribution is 6.02. The number of hydrogen-bond acceptors (Lipinski definition) is 3. The van der Waals surface area contributed by atoms with Crippen LogP contribution in [0.3, 0.4) is 0 Å². The van der Waals surface area contributed by atoms with Crippen LogP contribution in [0.25, 0.3) is 22.0 Å². The van der Waals surface area contributed by atoms with Gasteiger partial charge in [-0.3, -0.25) is 0 Å². The lowest BCUT2D eigenvalue weighted by molar-refractivity contribution is 0.0526. The summed E-state index contributed by atoms with van der Waals surface area (Å²) in [7, 11) is 0. The van der Waals surface area contributed by atoms with Crippen molar-refractivity contribution in [2.75, 3.05) is 13.2 Å². The first-order valence-corrected chi connectivity index (χ1v) is 10.6. The fraction of sp³-hybridized carbons (Fsp3) is 0.346. The van der Waals surface area contributed by atoms with Gasteiger partial charge in [0, 0.05) is 28.7 Å². The minimum Gasteiger partial charge on any atom is -0.462 e. The summed E-state index contributed by atoms with van der Waals surface area (Å²) in [5.74, 6) is -0.648. The van der Waals surface area contributed by atoms with E-state index < -0.39 is 0 Å². The Morgan fingerprint density at radius 2 is 1.91 bits per heavy atom. The number of esters is 1. The van der Waals surface area contributed by atoms with Crippen molar-refractivity contribution in [3.05, 3.63) is 71.2 Å². The molecule has 1 aromatic heterocycles. The molecule has 32 heavy (non-hydrogen) atoms. The van der Waals surface area contributed by atoms with Crippen LogP contribution < -0.4 is 5.73 Å². The number of ether oxygens (including phenoxy) is 1. The van der Waals surface area contributed by atoms with E-state index >= 15 is 0 Å². The summed E-state index contributed by atoms with van der Waals surface area (Å²) >= 11 is 0. The zero-order chi connectivity index (χ0) is 22.8. The van der Waals surface area contributed by atoms with E-state index in [1.54, 1.807) is 13.0 Å². The number of fused-ring (bicyclic) bond motifs is 1. The summed E-state index contributed by atoms with van der Waals surface area (Å²) < 4.78 is 21.5. The van der Waals surface area contributed by atoms with Crippen molar-refractivity contribution in [2.45, 2.75) is 46.6 Å². The van der Waals surface area contributed by atoms with Gasteiger partial charge in [-0.05, 0) is 54.7 Å². The molecule has 0 fully saturated rings. The van der Waals surface area contributed by atoms with Crippen molar-refractivity contribution in [1.82, 2.24) is 4.57 Å². The van der Waals surface area contributed by atoms with Crippen LogP contribution >= 0.6 is 12.4 Å². The summed E-state index contributed by atoms with van der Waals surface area (Å²) in [5, 5.41) is 0.898. The number of aromatic nitrogens is 1.